The summed E-state index contributed by atoms with van der Waals surface area (Å²) in [7, 11) is -1.96. The van der Waals surface area contributed by atoms with Crippen molar-refractivity contribution in [1.29, 1.82) is 0 Å². The number of esters is 2. The van der Waals surface area contributed by atoms with E-state index >= 15 is 0 Å². The maximum absolute atomic E-state index is 14.6. The van der Waals surface area contributed by atoms with E-state index in [1.54, 1.807) is 24.3 Å². The van der Waals surface area contributed by atoms with Gasteiger partial charge in [0, 0.05) is 0 Å². The molecule has 0 bridgehead atoms. The molecule has 0 aliphatic rings. The van der Waals surface area contributed by atoms with Crippen LogP contribution in [0.1, 0.15) is 31.8 Å². The second kappa shape index (κ2) is 12.8. The fraction of sp³-hybridized carbons (Fsp3) is 0.111. The van der Waals surface area contributed by atoms with Crippen LogP contribution in [0, 0.1) is 6.92 Å². The SMILES string of the molecule is COC(=O)c1ccc(CP(OS(=O)(=O)c2ccc(C)cc2)(c2ccccc2)(c2ccccc2)c2ccccc2)cc1C(=O)OC. The molecule has 0 N–H and O–H groups in total. The number of benzene rings is 5. The quantitative estimate of drug-likeness (QED) is 0.138. The summed E-state index contributed by atoms with van der Waals surface area (Å²) >= 11 is 0. The molecule has 5 rings (SSSR count). The van der Waals surface area contributed by atoms with Crippen molar-refractivity contribution < 1.29 is 31.5 Å². The molecule has 5 aromatic rings. The van der Waals surface area contributed by atoms with Gasteiger partial charge in [-0.3, -0.25) is 0 Å². The van der Waals surface area contributed by atoms with Crippen molar-refractivity contribution in [3.8, 4) is 0 Å². The van der Waals surface area contributed by atoms with Gasteiger partial charge in [-0.1, -0.05) is 0 Å². The first-order chi connectivity index (χ1) is 21.6. The van der Waals surface area contributed by atoms with E-state index in [0.29, 0.717) is 21.5 Å². The number of carbonyl (C=O) groups excluding carboxylic acids is 2. The minimum atomic E-state index is -4.56. The summed E-state index contributed by atoms with van der Waals surface area (Å²) in [6.07, 6.45) is 0.0280. The standard InChI is InChI=1S/C36H33O7PS/c1-27-19-22-32(23-20-27)45(39,40)43-44(29-13-7-4-8-14-29,30-15-9-5-10-16-30,31-17-11-6-12-18-31)26-28-21-24-33(35(37)41-2)34(25-28)36(38)42-3/h4-25H,26H2,1-3H3. The molecule has 230 valence electrons. The summed E-state index contributed by atoms with van der Waals surface area (Å²) in [5, 5.41) is 1.98. The predicted molar refractivity (Wildman–Crippen MR) is 177 cm³/mol. The second-order valence-electron chi connectivity index (χ2n) is 10.6. The van der Waals surface area contributed by atoms with E-state index in [0.717, 1.165) is 5.56 Å². The Morgan fingerprint density at radius 2 is 1.04 bits per heavy atom. The Balaban J connectivity index is 1.93. The first-order valence-electron chi connectivity index (χ1n) is 14.2. The van der Waals surface area contributed by atoms with E-state index in [1.807, 2.05) is 97.9 Å². The average Bonchev–Trinajstić information content (AvgIpc) is 3.08. The Hall–Kier alpha value is -4.62. The van der Waals surface area contributed by atoms with E-state index in [9.17, 15) is 18.0 Å². The molecule has 0 saturated carbocycles. The van der Waals surface area contributed by atoms with Gasteiger partial charge in [-0.25, -0.2) is 0 Å². The third kappa shape index (κ3) is 5.80. The topological polar surface area (TPSA) is 96.0 Å². The summed E-state index contributed by atoms with van der Waals surface area (Å²) < 4.78 is 46.0. The van der Waals surface area contributed by atoms with Gasteiger partial charge in [0.15, 0.2) is 0 Å². The Kier molecular flexibility index (Phi) is 9.03. The first-order valence-corrected chi connectivity index (χ1v) is 17.9. The van der Waals surface area contributed by atoms with Crippen LogP contribution in [-0.2, 0) is 29.7 Å². The molecule has 0 unspecified atom stereocenters. The Bertz CT molecular complexity index is 1830. The Morgan fingerprint density at radius 1 is 0.600 bits per heavy atom. The molecule has 0 spiro atoms. The van der Waals surface area contributed by atoms with Crippen LogP contribution < -0.4 is 15.9 Å². The van der Waals surface area contributed by atoms with Crippen LogP contribution in [0.3, 0.4) is 0 Å². The zero-order chi connectivity index (χ0) is 32.1. The molecular weight excluding hydrogens is 607 g/mol. The van der Waals surface area contributed by atoms with Crippen LogP contribution in [0.4, 0.5) is 0 Å². The first kappa shape index (κ1) is 31.8. The second-order valence-corrected chi connectivity index (χ2v) is 16.8. The van der Waals surface area contributed by atoms with Crippen molar-refractivity contribution in [3.63, 3.8) is 0 Å². The summed E-state index contributed by atoms with van der Waals surface area (Å²) in [5.74, 6) is -1.43. The fourth-order valence-electron chi connectivity index (χ4n) is 5.68. The number of aryl methyl sites for hydroxylation is 1. The fourth-order valence-corrected chi connectivity index (χ4v) is 14.2. The minimum absolute atomic E-state index is 0.00552. The van der Waals surface area contributed by atoms with Crippen LogP contribution >= 0.6 is 6.83 Å². The molecule has 7 nitrogen and oxygen atoms in total. The molecule has 0 aliphatic carbocycles. The van der Waals surface area contributed by atoms with Crippen molar-refractivity contribution in [2.24, 2.45) is 0 Å². The van der Waals surface area contributed by atoms with Crippen LogP contribution in [0.15, 0.2) is 138 Å². The molecule has 5 aromatic carbocycles. The van der Waals surface area contributed by atoms with Gasteiger partial charge >= 0.3 is 264 Å². The summed E-state index contributed by atoms with van der Waals surface area (Å²) in [6.45, 7) is -2.68. The van der Waals surface area contributed by atoms with Crippen LogP contribution in [0.2, 0.25) is 0 Å². The number of hydrogen-bond donors (Lipinski definition) is 0. The maximum atomic E-state index is 14.6. The van der Waals surface area contributed by atoms with Crippen molar-refractivity contribution in [2.75, 3.05) is 14.2 Å². The molecule has 0 aromatic heterocycles. The van der Waals surface area contributed by atoms with Gasteiger partial charge in [-0.05, 0) is 0 Å². The molecule has 0 radical (unpaired) electrons. The number of ether oxygens (including phenoxy) is 2. The Labute approximate surface area is 263 Å². The number of carbonyl (C=O) groups is 2. The van der Waals surface area contributed by atoms with Gasteiger partial charge in [0.2, 0.25) is 0 Å². The van der Waals surface area contributed by atoms with E-state index in [4.69, 9.17) is 13.4 Å². The summed E-state index contributed by atoms with van der Waals surface area (Å²) in [6, 6.07) is 39.3. The van der Waals surface area contributed by atoms with Gasteiger partial charge in [-0.2, -0.15) is 0 Å². The van der Waals surface area contributed by atoms with Gasteiger partial charge in [0.05, 0.1) is 0 Å². The molecule has 0 atom stereocenters. The molecule has 0 saturated heterocycles. The normalized spacial score (nSPS) is 12.5. The Morgan fingerprint density at radius 3 is 1.49 bits per heavy atom. The van der Waals surface area contributed by atoms with Gasteiger partial charge in [-0.15, -0.1) is 0 Å². The van der Waals surface area contributed by atoms with Crippen molar-refractivity contribution in [2.45, 2.75) is 18.0 Å². The van der Waals surface area contributed by atoms with Crippen molar-refractivity contribution in [3.05, 3.63) is 156 Å². The predicted octanol–water partition coefficient (Wildman–Crippen LogP) is 5.92. The third-order valence-electron chi connectivity index (χ3n) is 7.86. The van der Waals surface area contributed by atoms with E-state index in [1.165, 1.54) is 32.4 Å². The van der Waals surface area contributed by atoms with Crippen LogP contribution in [0.25, 0.3) is 0 Å². The number of methoxy groups -OCH3 is 2. The molecule has 0 aliphatic heterocycles. The van der Waals surface area contributed by atoms with E-state index < -0.39 is 28.9 Å². The van der Waals surface area contributed by atoms with E-state index in [-0.39, 0.29) is 22.2 Å². The van der Waals surface area contributed by atoms with E-state index in [2.05, 4.69) is 0 Å². The summed E-state index contributed by atoms with van der Waals surface area (Å²) in [5.41, 5.74) is 1.48. The van der Waals surface area contributed by atoms with Gasteiger partial charge in [0.1, 0.15) is 0 Å². The van der Waals surface area contributed by atoms with Crippen LogP contribution in [0.5, 0.6) is 0 Å². The molecular formula is C36H33O7PS. The van der Waals surface area contributed by atoms with Gasteiger partial charge in [0.25, 0.3) is 0 Å². The molecule has 0 fully saturated rings. The monoisotopic (exact) mass is 640 g/mol. The third-order valence-corrected chi connectivity index (χ3v) is 15.9. The number of hydrogen-bond acceptors (Lipinski definition) is 7. The zero-order valence-corrected chi connectivity index (χ0v) is 26.8. The number of rotatable bonds is 10. The average molecular weight is 641 g/mol. The zero-order valence-electron chi connectivity index (χ0n) is 25.1. The van der Waals surface area contributed by atoms with Crippen molar-refractivity contribution >= 4 is 44.8 Å². The summed E-state index contributed by atoms with van der Waals surface area (Å²) in [4.78, 5) is 25.6. The van der Waals surface area contributed by atoms with Crippen molar-refractivity contribution in [1.82, 2.24) is 0 Å². The molecule has 45 heavy (non-hydrogen) atoms. The van der Waals surface area contributed by atoms with Gasteiger partial charge < -0.3 is 0 Å². The molecule has 9 heteroatoms. The molecule has 0 amide bonds. The van der Waals surface area contributed by atoms with Crippen LogP contribution in [-0.4, -0.2) is 34.6 Å². The molecule has 0 heterocycles.